The number of carbonyl (C=O) groups is 4. The van der Waals surface area contributed by atoms with E-state index in [1.165, 1.54) is 4.90 Å². The summed E-state index contributed by atoms with van der Waals surface area (Å²) in [6.07, 6.45) is 5.48. The normalized spacial score (nSPS) is 33.7. The van der Waals surface area contributed by atoms with Crippen molar-refractivity contribution in [3.63, 3.8) is 0 Å². The Bertz CT molecular complexity index is 1320. The summed E-state index contributed by atoms with van der Waals surface area (Å²) in [5, 5.41) is 0. The van der Waals surface area contributed by atoms with Crippen molar-refractivity contribution in [3.8, 4) is 5.75 Å². The summed E-state index contributed by atoms with van der Waals surface area (Å²) in [4.78, 5) is 55.1. The van der Waals surface area contributed by atoms with Gasteiger partial charge in [0.15, 0.2) is 0 Å². The molecule has 4 fully saturated rings. The van der Waals surface area contributed by atoms with E-state index in [2.05, 4.69) is 28.1 Å². The summed E-state index contributed by atoms with van der Waals surface area (Å²) >= 11 is 3.38. The molecule has 0 unspecified atom stereocenters. The molecule has 8 heteroatoms. The second kappa shape index (κ2) is 7.87. The fraction of sp³-hybridized carbons (Fsp3) is 0.357. The topological polar surface area (TPSA) is 84.0 Å². The molecule has 8 rings (SSSR count). The van der Waals surface area contributed by atoms with E-state index in [1.54, 1.807) is 29.2 Å². The third-order valence-corrected chi connectivity index (χ3v) is 9.08. The number of benzene rings is 2. The molecular formula is C28H23BrN2O5. The first kappa shape index (κ1) is 22.0. The summed E-state index contributed by atoms with van der Waals surface area (Å²) in [7, 11) is 0. The average Bonchev–Trinajstić information content (AvgIpc) is 3.55. The molecule has 0 N–H and O–H groups in total. The fourth-order valence-corrected chi connectivity index (χ4v) is 7.10. The first-order chi connectivity index (χ1) is 17.4. The van der Waals surface area contributed by atoms with Gasteiger partial charge in [0.2, 0.25) is 17.7 Å². The highest BCUT2D eigenvalue weighted by Crippen LogP contribution is 2.65. The number of rotatable bonds is 4. The Morgan fingerprint density at radius 2 is 1.56 bits per heavy atom. The van der Waals surface area contributed by atoms with Crippen molar-refractivity contribution in [2.24, 2.45) is 41.4 Å². The van der Waals surface area contributed by atoms with Crippen molar-refractivity contribution in [1.82, 2.24) is 0 Å². The molecule has 0 aromatic heterocycles. The molecule has 2 saturated carbocycles. The summed E-state index contributed by atoms with van der Waals surface area (Å²) < 4.78 is 6.54. The fourth-order valence-electron chi connectivity index (χ4n) is 6.83. The smallest absolute Gasteiger partial charge is 0.316 e. The Morgan fingerprint density at radius 1 is 0.889 bits per heavy atom. The molecule has 2 bridgehead atoms. The monoisotopic (exact) mass is 546 g/mol. The van der Waals surface area contributed by atoms with E-state index >= 15 is 0 Å². The maximum atomic E-state index is 13.4. The second-order valence-corrected chi connectivity index (χ2v) is 11.4. The number of allylic oxidation sites excluding steroid dienone is 2. The highest BCUT2D eigenvalue weighted by molar-refractivity contribution is 9.10. The van der Waals surface area contributed by atoms with Crippen molar-refractivity contribution in [2.75, 3.05) is 16.3 Å². The van der Waals surface area contributed by atoms with Gasteiger partial charge in [-0.2, -0.15) is 0 Å². The van der Waals surface area contributed by atoms with Gasteiger partial charge >= 0.3 is 5.97 Å². The molecule has 36 heavy (non-hydrogen) atoms. The van der Waals surface area contributed by atoms with Gasteiger partial charge in [-0.25, -0.2) is 4.90 Å². The first-order valence-electron chi connectivity index (χ1n) is 12.3. The number of esters is 1. The van der Waals surface area contributed by atoms with Gasteiger partial charge in [-0.05, 0) is 66.5 Å². The lowest BCUT2D eigenvalue weighted by Crippen LogP contribution is -2.40. The number of imide groups is 1. The number of nitrogens with zero attached hydrogens (tertiary/aromatic N) is 2. The van der Waals surface area contributed by atoms with Crippen LogP contribution >= 0.6 is 15.9 Å². The Balaban J connectivity index is 1.07. The summed E-state index contributed by atoms with van der Waals surface area (Å²) in [6.45, 7) is 0.240. The summed E-state index contributed by atoms with van der Waals surface area (Å²) in [5.74, 6) is -0.458. The zero-order valence-electron chi connectivity index (χ0n) is 19.2. The van der Waals surface area contributed by atoms with Crippen molar-refractivity contribution in [2.45, 2.75) is 12.8 Å². The number of hydrogen-bond acceptors (Lipinski definition) is 5. The third kappa shape index (κ3) is 3.23. The molecule has 0 radical (unpaired) electrons. The van der Waals surface area contributed by atoms with Crippen LogP contribution in [0.1, 0.15) is 12.8 Å². The lowest BCUT2D eigenvalue weighted by atomic mass is 9.63. The Hall–Kier alpha value is -3.26. The van der Waals surface area contributed by atoms with Gasteiger partial charge < -0.3 is 9.64 Å². The van der Waals surface area contributed by atoms with E-state index in [4.69, 9.17) is 4.74 Å². The van der Waals surface area contributed by atoms with Gasteiger partial charge in [-0.3, -0.25) is 19.2 Å². The highest BCUT2D eigenvalue weighted by Gasteiger charge is 2.67. The van der Waals surface area contributed by atoms with E-state index in [-0.39, 0.29) is 60.1 Å². The quantitative estimate of drug-likeness (QED) is 0.251. The summed E-state index contributed by atoms with van der Waals surface area (Å²) in [6, 6.07) is 13.9. The third-order valence-electron chi connectivity index (χ3n) is 8.55. The largest absolute Gasteiger partial charge is 0.426 e. The summed E-state index contributed by atoms with van der Waals surface area (Å²) in [5.41, 5.74) is 1.16. The molecule has 7 atom stereocenters. The van der Waals surface area contributed by atoms with E-state index in [0.717, 1.165) is 16.6 Å². The molecule has 2 saturated heterocycles. The van der Waals surface area contributed by atoms with Gasteiger partial charge in [0.05, 0.1) is 23.4 Å². The van der Waals surface area contributed by atoms with Crippen molar-refractivity contribution >= 4 is 51.0 Å². The van der Waals surface area contributed by atoms with Gasteiger partial charge in [0, 0.05) is 29.2 Å². The number of hydrogen-bond donors (Lipinski definition) is 0. The molecule has 182 valence electrons. The average molecular weight is 547 g/mol. The van der Waals surface area contributed by atoms with Crippen molar-refractivity contribution < 1.29 is 23.9 Å². The van der Waals surface area contributed by atoms with Crippen LogP contribution in [0, 0.1) is 41.4 Å². The molecule has 2 aromatic rings. The molecule has 2 aliphatic heterocycles. The van der Waals surface area contributed by atoms with E-state index in [0.29, 0.717) is 17.5 Å². The van der Waals surface area contributed by atoms with Crippen LogP contribution in [0.15, 0.2) is 65.2 Å². The van der Waals surface area contributed by atoms with Crippen LogP contribution in [0.25, 0.3) is 0 Å². The standard InChI is InChI=1S/C28H23BrN2O5/c29-15-4-6-16(7-5-15)30-13-14(10-23(30)32)28(35)36-18-3-1-2-17(11-18)31-26(33)24-19-8-9-20(22-12-21(19)22)25(24)27(31)34/h1-9,11,14,19-22,24-25H,10,12-13H2/t14-,19-,20-,21-,22+,24+,25+/m0/s1. The number of ether oxygens (including phenoxy) is 1. The molecular weight excluding hydrogens is 524 g/mol. The van der Waals surface area contributed by atoms with Crippen LogP contribution < -0.4 is 14.5 Å². The van der Waals surface area contributed by atoms with Crippen LogP contribution in [0.3, 0.4) is 0 Å². The molecule has 7 nitrogen and oxygen atoms in total. The van der Waals surface area contributed by atoms with Crippen molar-refractivity contribution in [1.29, 1.82) is 0 Å². The van der Waals surface area contributed by atoms with Crippen LogP contribution in [0.2, 0.25) is 0 Å². The van der Waals surface area contributed by atoms with Gasteiger partial charge in [0.25, 0.3) is 0 Å². The Labute approximate surface area is 216 Å². The SMILES string of the molecule is O=C(Oc1cccc(N2C(=O)[C@@H]3[C@H]4C=C[C@@H]([C@@H]5C[C@H]45)[C@H]3C2=O)c1)[C@H]1CC(=O)N(c2ccc(Br)cc2)C1. The molecule has 0 spiro atoms. The molecule has 6 aliphatic rings. The van der Waals surface area contributed by atoms with Gasteiger partial charge in [-0.15, -0.1) is 0 Å². The Kier molecular flexibility index (Phi) is 4.80. The first-order valence-corrected chi connectivity index (χ1v) is 13.1. The zero-order valence-corrected chi connectivity index (χ0v) is 20.8. The number of halogens is 1. The van der Waals surface area contributed by atoms with Crippen LogP contribution in [0.4, 0.5) is 11.4 Å². The zero-order chi connectivity index (χ0) is 24.7. The Morgan fingerprint density at radius 3 is 2.22 bits per heavy atom. The van der Waals surface area contributed by atoms with E-state index in [9.17, 15) is 19.2 Å². The van der Waals surface area contributed by atoms with E-state index in [1.807, 2.05) is 24.3 Å². The molecule has 3 amide bonds. The van der Waals surface area contributed by atoms with Crippen molar-refractivity contribution in [3.05, 3.63) is 65.2 Å². The highest BCUT2D eigenvalue weighted by atomic mass is 79.9. The minimum atomic E-state index is -0.601. The predicted molar refractivity (Wildman–Crippen MR) is 134 cm³/mol. The van der Waals surface area contributed by atoms with Gasteiger partial charge in [-0.1, -0.05) is 34.1 Å². The molecule has 2 aromatic carbocycles. The maximum Gasteiger partial charge on any atom is 0.316 e. The minimum Gasteiger partial charge on any atom is -0.426 e. The second-order valence-electron chi connectivity index (χ2n) is 10.5. The van der Waals surface area contributed by atoms with Crippen LogP contribution in [0.5, 0.6) is 5.75 Å². The molecule has 2 heterocycles. The van der Waals surface area contributed by atoms with E-state index < -0.39 is 11.9 Å². The predicted octanol–water partition coefficient (Wildman–Crippen LogP) is 3.97. The van der Waals surface area contributed by atoms with Crippen LogP contribution in [-0.2, 0) is 19.2 Å². The van der Waals surface area contributed by atoms with Gasteiger partial charge in [0.1, 0.15) is 5.75 Å². The number of anilines is 2. The lowest BCUT2D eigenvalue weighted by Gasteiger charge is -2.37. The van der Waals surface area contributed by atoms with Crippen LogP contribution in [-0.4, -0.2) is 30.2 Å². The number of amides is 3. The maximum absolute atomic E-state index is 13.4. The molecule has 4 aliphatic carbocycles. The minimum absolute atomic E-state index is 0.0686. The number of carbonyl (C=O) groups excluding carboxylic acids is 4. The lowest BCUT2D eigenvalue weighted by molar-refractivity contribution is -0.139.